The Morgan fingerprint density at radius 1 is 1.10 bits per heavy atom. The van der Waals surface area contributed by atoms with Crippen molar-refractivity contribution in [1.29, 1.82) is 0 Å². The summed E-state index contributed by atoms with van der Waals surface area (Å²) in [6, 6.07) is 6.01. The lowest BCUT2D eigenvalue weighted by molar-refractivity contribution is -0.0320. The van der Waals surface area contributed by atoms with Crippen LogP contribution in [0.4, 0.5) is 0 Å². The average Bonchev–Trinajstić information content (AvgIpc) is 3.31. The largest absolute Gasteiger partial charge is 0.497 e. The maximum atomic E-state index is 6.30. The molecule has 0 aromatic heterocycles. The van der Waals surface area contributed by atoms with Crippen molar-refractivity contribution in [3.8, 4) is 11.5 Å². The van der Waals surface area contributed by atoms with E-state index >= 15 is 0 Å². The lowest BCUT2D eigenvalue weighted by atomic mass is 10.1. The van der Waals surface area contributed by atoms with Crippen molar-refractivity contribution in [2.24, 2.45) is 4.99 Å². The molecule has 1 aromatic rings. The van der Waals surface area contributed by atoms with Gasteiger partial charge in [0.2, 0.25) is 0 Å². The van der Waals surface area contributed by atoms with Crippen LogP contribution >= 0.6 is 0 Å². The Balaban J connectivity index is 1.50. The number of rotatable bonds is 11. The van der Waals surface area contributed by atoms with Crippen LogP contribution in [0.5, 0.6) is 11.5 Å². The minimum Gasteiger partial charge on any atom is -0.497 e. The summed E-state index contributed by atoms with van der Waals surface area (Å²) in [5.41, 5.74) is 1.08. The van der Waals surface area contributed by atoms with Crippen LogP contribution in [0.1, 0.15) is 57.4 Å². The van der Waals surface area contributed by atoms with Gasteiger partial charge in [-0.3, -0.25) is 0 Å². The van der Waals surface area contributed by atoms with Gasteiger partial charge in [-0.1, -0.05) is 0 Å². The van der Waals surface area contributed by atoms with Gasteiger partial charge in [-0.25, -0.2) is 4.99 Å². The molecule has 0 unspecified atom stereocenters. The Kier molecular flexibility index (Phi) is 10.3. The number of methoxy groups -OCH3 is 1. The fourth-order valence-corrected chi connectivity index (χ4v) is 3.97. The molecule has 0 spiro atoms. The molecule has 1 saturated carbocycles. The van der Waals surface area contributed by atoms with Crippen LogP contribution in [-0.4, -0.2) is 58.2 Å². The van der Waals surface area contributed by atoms with Gasteiger partial charge in [0.1, 0.15) is 11.5 Å². The predicted molar refractivity (Wildman–Crippen MR) is 123 cm³/mol. The van der Waals surface area contributed by atoms with Gasteiger partial charge >= 0.3 is 0 Å². The summed E-state index contributed by atoms with van der Waals surface area (Å²) in [5, 5.41) is 6.74. The summed E-state index contributed by atoms with van der Waals surface area (Å²) in [6.07, 6.45) is 8.35. The number of guanidine groups is 1. The smallest absolute Gasteiger partial charge is 0.191 e. The van der Waals surface area contributed by atoms with Crippen LogP contribution in [0.15, 0.2) is 23.2 Å². The molecule has 0 bridgehead atoms. The molecule has 0 amide bonds. The third kappa shape index (κ3) is 8.22. The number of ether oxygens (including phenoxy) is 4. The number of nitrogens with one attached hydrogen (secondary N) is 2. The number of nitrogens with zero attached hydrogens (tertiary/aromatic N) is 1. The Hall–Kier alpha value is -1.99. The molecule has 174 valence electrons. The van der Waals surface area contributed by atoms with E-state index in [0.29, 0.717) is 18.8 Å². The first-order valence-corrected chi connectivity index (χ1v) is 11.8. The van der Waals surface area contributed by atoms with E-state index < -0.39 is 0 Å². The van der Waals surface area contributed by atoms with Gasteiger partial charge in [-0.05, 0) is 64.0 Å². The zero-order valence-electron chi connectivity index (χ0n) is 19.2. The first-order valence-electron chi connectivity index (χ1n) is 11.8. The van der Waals surface area contributed by atoms with Gasteiger partial charge in [-0.2, -0.15) is 0 Å². The molecule has 7 heteroatoms. The molecule has 0 radical (unpaired) electrons. The molecule has 3 rings (SSSR count). The summed E-state index contributed by atoms with van der Waals surface area (Å²) in [6.45, 7) is 6.67. The van der Waals surface area contributed by atoms with Crippen LogP contribution in [0.2, 0.25) is 0 Å². The SMILES string of the molecule is CCNC(=NCc1ccc(OC)cc1OC1CCCC1)NCCCOC1CCOCC1. The maximum Gasteiger partial charge on any atom is 0.191 e. The number of hydrogen-bond acceptors (Lipinski definition) is 5. The molecule has 7 nitrogen and oxygen atoms in total. The summed E-state index contributed by atoms with van der Waals surface area (Å²) in [7, 11) is 1.69. The van der Waals surface area contributed by atoms with Crippen LogP contribution in [-0.2, 0) is 16.0 Å². The fourth-order valence-electron chi connectivity index (χ4n) is 3.97. The summed E-state index contributed by atoms with van der Waals surface area (Å²) in [5.74, 6) is 2.52. The van der Waals surface area contributed by atoms with Crippen molar-refractivity contribution in [2.45, 2.75) is 70.6 Å². The predicted octanol–water partition coefficient (Wildman–Crippen LogP) is 3.66. The van der Waals surface area contributed by atoms with E-state index in [9.17, 15) is 0 Å². The van der Waals surface area contributed by atoms with Gasteiger partial charge in [0.05, 0.1) is 25.9 Å². The highest BCUT2D eigenvalue weighted by Gasteiger charge is 2.18. The quantitative estimate of drug-likeness (QED) is 0.315. The minimum absolute atomic E-state index is 0.303. The van der Waals surface area contributed by atoms with E-state index in [-0.39, 0.29) is 0 Å². The molecule has 1 aliphatic carbocycles. The topological polar surface area (TPSA) is 73.3 Å². The number of aliphatic imine (C=N–C) groups is 1. The molecule has 2 fully saturated rings. The minimum atomic E-state index is 0.303. The Bertz CT molecular complexity index is 671. The highest BCUT2D eigenvalue weighted by molar-refractivity contribution is 5.79. The van der Waals surface area contributed by atoms with E-state index in [0.717, 1.165) is 88.0 Å². The van der Waals surface area contributed by atoms with Crippen molar-refractivity contribution in [3.63, 3.8) is 0 Å². The molecular formula is C24H39N3O4. The Morgan fingerprint density at radius 2 is 1.90 bits per heavy atom. The van der Waals surface area contributed by atoms with E-state index in [2.05, 4.69) is 23.6 Å². The van der Waals surface area contributed by atoms with Gasteiger partial charge in [0, 0.05) is 44.5 Å². The maximum absolute atomic E-state index is 6.30. The van der Waals surface area contributed by atoms with Crippen molar-refractivity contribution in [3.05, 3.63) is 23.8 Å². The molecule has 2 N–H and O–H groups in total. The van der Waals surface area contributed by atoms with Gasteiger partial charge in [0.25, 0.3) is 0 Å². The van der Waals surface area contributed by atoms with Crippen molar-refractivity contribution < 1.29 is 18.9 Å². The second-order valence-electron chi connectivity index (χ2n) is 8.16. The van der Waals surface area contributed by atoms with Crippen LogP contribution in [0.25, 0.3) is 0 Å². The summed E-state index contributed by atoms with van der Waals surface area (Å²) < 4.78 is 23.0. The van der Waals surface area contributed by atoms with Crippen molar-refractivity contribution >= 4 is 5.96 Å². The molecule has 31 heavy (non-hydrogen) atoms. The van der Waals surface area contributed by atoms with E-state index in [4.69, 9.17) is 23.9 Å². The standard InChI is InChI=1S/C24H39N3O4/c1-3-25-24(26-13-6-14-30-20-11-15-29-16-12-20)27-18-19-9-10-22(28-2)17-23(19)31-21-7-4-5-8-21/h9-10,17,20-21H,3-8,11-16,18H2,1-2H3,(H2,25,26,27). The zero-order chi connectivity index (χ0) is 21.7. The molecule has 2 aliphatic rings. The molecule has 1 aromatic carbocycles. The highest BCUT2D eigenvalue weighted by atomic mass is 16.5. The monoisotopic (exact) mass is 433 g/mol. The van der Waals surface area contributed by atoms with Gasteiger partial charge in [-0.15, -0.1) is 0 Å². The Morgan fingerprint density at radius 3 is 2.65 bits per heavy atom. The number of hydrogen-bond donors (Lipinski definition) is 2. The second kappa shape index (κ2) is 13.4. The normalized spacial score (nSPS) is 18.2. The first-order chi connectivity index (χ1) is 15.3. The molecule has 1 heterocycles. The van der Waals surface area contributed by atoms with Gasteiger partial charge < -0.3 is 29.6 Å². The van der Waals surface area contributed by atoms with Gasteiger partial charge in [0.15, 0.2) is 5.96 Å². The highest BCUT2D eigenvalue weighted by Crippen LogP contribution is 2.30. The Labute approximate surface area is 186 Å². The van der Waals surface area contributed by atoms with Crippen LogP contribution < -0.4 is 20.1 Å². The zero-order valence-corrected chi connectivity index (χ0v) is 19.2. The van der Waals surface area contributed by atoms with Crippen molar-refractivity contribution in [1.82, 2.24) is 10.6 Å². The third-order valence-electron chi connectivity index (χ3n) is 5.76. The molecular weight excluding hydrogens is 394 g/mol. The fraction of sp³-hybridized carbons (Fsp3) is 0.708. The third-order valence-corrected chi connectivity index (χ3v) is 5.76. The lowest BCUT2D eigenvalue weighted by Crippen LogP contribution is -2.38. The molecule has 1 aliphatic heterocycles. The van der Waals surface area contributed by atoms with E-state index in [1.54, 1.807) is 7.11 Å². The lowest BCUT2D eigenvalue weighted by Gasteiger charge is -2.22. The average molecular weight is 434 g/mol. The van der Waals surface area contributed by atoms with E-state index in [1.807, 2.05) is 12.1 Å². The van der Waals surface area contributed by atoms with Crippen LogP contribution in [0.3, 0.4) is 0 Å². The summed E-state index contributed by atoms with van der Waals surface area (Å²) in [4.78, 5) is 4.78. The van der Waals surface area contributed by atoms with Crippen molar-refractivity contribution in [2.75, 3.05) is 40.0 Å². The summed E-state index contributed by atoms with van der Waals surface area (Å²) >= 11 is 0. The number of benzene rings is 1. The molecule has 0 atom stereocenters. The van der Waals surface area contributed by atoms with Crippen LogP contribution in [0, 0.1) is 0 Å². The molecule has 1 saturated heterocycles. The first kappa shape index (κ1) is 23.7. The van der Waals surface area contributed by atoms with E-state index in [1.165, 1.54) is 12.8 Å². The second-order valence-corrected chi connectivity index (χ2v) is 8.16.